The number of ether oxygens (including phenoxy) is 1. The Morgan fingerprint density at radius 3 is 2.86 bits per heavy atom. The zero-order valence-corrected chi connectivity index (χ0v) is 12.7. The van der Waals surface area contributed by atoms with E-state index in [1.54, 1.807) is 0 Å². The van der Waals surface area contributed by atoms with Crippen molar-refractivity contribution in [3.05, 3.63) is 36.0 Å². The van der Waals surface area contributed by atoms with E-state index < -0.39 is 0 Å². The molecule has 1 aliphatic rings. The zero-order chi connectivity index (χ0) is 15.5. The maximum atomic E-state index is 12.0. The average molecular weight is 300 g/mol. The van der Waals surface area contributed by atoms with Crippen molar-refractivity contribution >= 4 is 22.8 Å². The number of fused-ring (bicyclic) bond motifs is 1. The van der Waals surface area contributed by atoms with Gasteiger partial charge in [-0.3, -0.25) is 9.59 Å². The van der Waals surface area contributed by atoms with Gasteiger partial charge in [-0.2, -0.15) is 0 Å². The molecular weight excluding hydrogens is 280 g/mol. The molecule has 1 aliphatic carbocycles. The standard InChI is InChI=1S/C17H20N2O3/c1-12-8-14-4-2-3-5-15(14)19(12)10-16(20)18-9-17(21)22-11-13-6-7-13/h2-5,8,13H,6-7,9-11H2,1H3,(H,18,20). The molecule has 0 bridgehead atoms. The Hall–Kier alpha value is -2.30. The molecule has 1 N–H and O–H groups in total. The predicted octanol–water partition coefficient (Wildman–Crippen LogP) is 2.02. The lowest BCUT2D eigenvalue weighted by atomic mass is 10.2. The lowest BCUT2D eigenvalue weighted by molar-refractivity contribution is -0.144. The minimum Gasteiger partial charge on any atom is -0.464 e. The van der Waals surface area contributed by atoms with Gasteiger partial charge in [0, 0.05) is 11.2 Å². The Kier molecular flexibility index (Phi) is 4.13. The van der Waals surface area contributed by atoms with Crippen molar-refractivity contribution in [1.82, 2.24) is 9.88 Å². The Labute approximate surface area is 129 Å². The van der Waals surface area contributed by atoms with Gasteiger partial charge in [-0.05, 0) is 43.2 Å². The lowest BCUT2D eigenvalue weighted by Crippen LogP contribution is -2.33. The minimum atomic E-state index is -0.366. The highest BCUT2D eigenvalue weighted by Crippen LogP contribution is 2.28. The Bertz CT molecular complexity index is 701. The summed E-state index contributed by atoms with van der Waals surface area (Å²) in [6.45, 7) is 2.59. The van der Waals surface area contributed by atoms with Crippen LogP contribution in [-0.4, -0.2) is 29.6 Å². The van der Waals surface area contributed by atoms with E-state index in [4.69, 9.17) is 4.74 Å². The fraction of sp³-hybridized carbons (Fsp3) is 0.412. The summed E-state index contributed by atoms with van der Waals surface area (Å²) in [6, 6.07) is 9.98. The van der Waals surface area contributed by atoms with Gasteiger partial charge < -0.3 is 14.6 Å². The van der Waals surface area contributed by atoms with Crippen LogP contribution in [0.5, 0.6) is 0 Å². The summed E-state index contributed by atoms with van der Waals surface area (Å²) in [4.78, 5) is 23.5. The van der Waals surface area contributed by atoms with Crippen molar-refractivity contribution in [2.45, 2.75) is 26.3 Å². The molecule has 0 unspecified atom stereocenters. The van der Waals surface area contributed by atoms with Crippen LogP contribution in [-0.2, 0) is 20.9 Å². The third-order valence-corrected chi connectivity index (χ3v) is 3.93. The van der Waals surface area contributed by atoms with Crippen LogP contribution in [0.2, 0.25) is 0 Å². The second kappa shape index (κ2) is 6.22. The molecule has 1 aromatic carbocycles. The maximum Gasteiger partial charge on any atom is 0.325 e. The Morgan fingerprint density at radius 1 is 1.32 bits per heavy atom. The van der Waals surface area contributed by atoms with Gasteiger partial charge in [-0.25, -0.2) is 0 Å². The first-order chi connectivity index (χ1) is 10.6. The van der Waals surface area contributed by atoms with Gasteiger partial charge in [0.1, 0.15) is 13.1 Å². The molecule has 1 amide bonds. The van der Waals surface area contributed by atoms with Crippen LogP contribution in [0.25, 0.3) is 10.9 Å². The number of amides is 1. The number of rotatable bonds is 6. The first kappa shape index (κ1) is 14.6. The highest BCUT2D eigenvalue weighted by atomic mass is 16.5. The fourth-order valence-electron chi connectivity index (χ4n) is 2.47. The van der Waals surface area contributed by atoms with Crippen LogP contribution in [0.4, 0.5) is 0 Å². The maximum absolute atomic E-state index is 12.0. The first-order valence-electron chi connectivity index (χ1n) is 7.60. The number of para-hydroxylation sites is 1. The summed E-state index contributed by atoms with van der Waals surface area (Å²) in [7, 11) is 0. The number of aryl methyl sites for hydroxylation is 1. The van der Waals surface area contributed by atoms with Gasteiger partial charge in [0.25, 0.3) is 0 Å². The number of benzene rings is 1. The molecule has 5 heteroatoms. The summed E-state index contributed by atoms with van der Waals surface area (Å²) in [5, 5.41) is 3.73. The van der Waals surface area contributed by atoms with Crippen LogP contribution in [0, 0.1) is 12.8 Å². The summed E-state index contributed by atoms with van der Waals surface area (Å²) in [5.74, 6) is -0.0179. The number of carbonyl (C=O) groups excluding carboxylic acids is 2. The molecule has 1 aromatic heterocycles. The van der Waals surface area contributed by atoms with E-state index >= 15 is 0 Å². The molecule has 1 fully saturated rings. The molecule has 22 heavy (non-hydrogen) atoms. The van der Waals surface area contributed by atoms with Gasteiger partial charge in [0.2, 0.25) is 5.91 Å². The van der Waals surface area contributed by atoms with E-state index in [1.165, 1.54) is 0 Å². The molecule has 1 saturated carbocycles. The van der Waals surface area contributed by atoms with Crippen molar-refractivity contribution < 1.29 is 14.3 Å². The second-order valence-electron chi connectivity index (χ2n) is 5.83. The van der Waals surface area contributed by atoms with Crippen molar-refractivity contribution in [2.24, 2.45) is 5.92 Å². The van der Waals surface area contributed by atoms with E-state index in [2.05, 4.69) is 5.32 Å². The predicted molar refractivity (Wildman–Crippen MR) is 83.4 cm³/mol. The molecule has 5 nitrogen and oxygen atoms in total. The first-order valence-corrected chi connectivity index (χ1v) is 7.60. The van der Waals surface area contributed by atoms with E-state index in [9.17, 15) is 9.59 Å². The SMILES string of the molecule is Cc1cc2ccccc2n1CC(=O)NCC(=O)OCC1CC1. The van der Waals surface area contributed by atoms with Crippen LogP contribution < -0.4 is 5.32 Å². The number of aromatic nitrogens is 1. The van der Waals surface area contributed by atoms with Crippen LogP contribution in [0.3, 0.4) is 0 Å². The molecule has 0 atom stereocenters. The summed E-state index contributed by atoms with van der Waals surface area (Å²) < 4.78 is 7.03. The Balaban J connectivity index is 1.54. The van der Waals surface area contributed by atoms with Gasteiger partial charge in [0.05, 0.1) is 6.61 Å². The quantitative estimate of drug-likeness (QED) is 0.830. The van der Waals surface area contributed by atoms with Gasteiger partial charge in [-0.1, -0.05) is 18.2 Å². The van der Waals surface area contributed by atoms with Crippen molar-refractivity contribution in [1.29, 1.82) is 0 Å². The van der Waals surface area contributed by atoms with Crippen LogP contribution in [0.15, 0.2) is 30.3 Å². The van der Waals surface area contributed by atoms with E-state index in [0.29, 0.717) is 12.5 Å². The third-order valence-electron chi connectivity index (χ3n) is 3.93. The molecule has 116 valence electrons. The molecule has 2 aromatic rings. The third kappa shape index (κ3) is 3.47. The second-order valence-corrected chi connectivity index (χ2v) is 5.83. The number of carbonyl (C=O) groups is 2. The monoisotopic (exact) mass is 300 g/mol. The molecular formula is C17H20N2O3. The highest BCUT2D eigenvalue weighted by molar-refractivity contribution is 5.85. The number of nitrogens with zero attached hydrogens (tertiary/aromatic N) is 1. The van der Waals surface area contributed by atoms with E-state index in [0.717, 1.165) is 29.4 Å². The molecule has 0 radical (unpaired) electrons. The van der Waals surface area contributed by atoms with E-state index in [-0.39, 0.29) is 25.0 Å². The average Bonchev–Trinajstić information content (AvgIpc) is 3.28. The van der Waals surface area contributed by atoms with Crippen LogP contribution >= 0.6 is 0 Å². The molecule has 0 saturated heterocycles. The molecule has 1 heterocycles. The minimum absolute atomic E-state index is 0.0657. The molecule has 3 rings (SSSR count). The topological polar surface area (TPSA) is 60.3 Å². The Morgan fingerprint density at radius 2 is 2.09 bits per heavy atom. The number of hydrogen-bond acceptors (Lipinski definition) is 3. The fourth-order valence-corrected chi connectivity index (χ4v) is 2.47. The number of nitrogens with one attached hydrogen (secondary N) is 1. The molecule has 0 aliphatic heterocycles. The van der Waals surface area contributed by atoms with Gasteiger partial charge in [-0.15, -0.1) is 0 Å². The smallest absolute Gasteiger partial charge is 0.325 e. The lowest BCUT2D eigenvalue weighted by Gasteiger charge is -2.09. The van der Waals surface area contributed by atoms with Gasteiger partial charge in [0.15, 0.2) is 0 Å². The molecule has 0 spiro atoms. The van der Waals surface area contributed by atoms with Crippen molar-refractivity contribution in [2.75, 3.05) is 13.2 Å². The van der Waals surface area contributed by atoms with Crippen LogP contribution in [0.1, 0.15) is 18.5 Å². The summed E-state index contributed by atoms with van der Waals surface area (Å²) in [5.41, 5.74) is 2.04. The largest absolute Gasteiger partial charge is 0.464 e. The van der Waals surface area contributed by atoms with Crippen molar-refractivity contribution in [3.8, 4) is 0 Å². The highest BCUT2D eigenvalue weighted by Gasteiger charge is 2.23. The number of esters is 1. The van der Waals surface area contributed by atoms with E-state index in [1.807, 2.05) is 41.8 Å². The number of hydrogen-bond donors (Lipinski definition) is 1. The summed E-state index contributed by atoms with van der Waals surface area (Å²) in [6.07, 6.45) is 2.28. The normalized spacial score (nSPS) is 14.0. The summed E-state index contributed by atoms with van der Waals surface area (Å²) >= 11 is 0. The van der Waals surface area contributed by atoms with Gasteiger partial charge >= 0.3 is 5.97 Å². The van der Waals surface area contributed by atoms with Crippen molar-refractivity contribution in [3.63, 3.8) is 0 Å². The zero-order valence-electron chi connectivity index (χ0n) is 12.7.